The zero-order valence-corrected chi connectivity index (χ0v) is 18.7. The van der Waals surface area contributed by atoms with Gasteiger partial charge in [0.2, 0.25) is 11.8 Å². The summed E-state index contributed by atoms with van der Waals surface area (Å²) >= 11 is 0. The number of amides is 1. The van der Waals surface area contributed by atoms with Crippen molar-refractivity contribution in [1.82, 2.24) is 20.5 Å². The number of likely N-dealkylation sites (tertiary alicyclic amines) is 1. The van der Waals surface area contributed by atoms with Gasteiger partial charge in [-0.3, -0.25) is 14.7 Å². The number of rotatable bonds is 8. The van der Waals surface area contributed by atoms with Crippen LogP contribution in [0.3, 0.4) is 0 Å². The summed E-state index contributed by atoms with van der Waals surface area (Å²) < 4.78 is 5.74. The van der Waals surface area contributed by atoms with Crippen molar-refractivity contribution in [1.29, 1.82) is 0 Å². The van der Waals surface area contributed by atoms with Crippen molar-refractivity contribution in [2.75, 3.05) is 33.3 Å². The highest BCUT2D eigenvalue weighted by Gasteiger charge is 2.22. The molecule has 0 atom stereocenters. The highest BCUT2D eigenvalue weighted by Crippen LogP contribution is 2.29. The molecule has 2 heterocycles. The van der Waals surface area contributed by atoms with Crippen LogP contribution in [-0.4, -0.2) is 61.1 Å². The van der Waals surface area contributed by atoms with Crippen LogP contribution >= 0.6 is 24.0 Å². The van der Waals surface area contributed by atoms with E-state index in [2.05, 4.69) is 25.5 Å². The van der Waals surface area contributed by atoms with Crippen molar-refractivity contribution in [3.8, 4) is 5.88 Å². The number of nitrogens with two attached hydrogens (primary N) is 1. The predicted octanol–water partition coefficient (Wildman–Crippen LogP) is 1.10. The molecule has 1 aromatic rings. The van der Waals surface area contributed by atoms with Crippen LogP contribution in [0.4, 0.5) is 0 Å². The number of pyridine rings is 1. The minimum Gasteiger partial charge on any atom is -0.477 e. The van der Waals surface area contributed by atoms with Crippen LogP contribution in [0.25, 0.3) is 0 Å². The van der Waals surface area contributed by atoms with E-state index in [-0.39, 0.29) is 29.9 Å². The zero-order chi connectivity index (χ0) is 19.1. The van der Waals surface area contributed by atoms with Crippen molar-refractivity contribution in [3.63, 3.8) is 0 Å². The van der Waals surface area contributed by atoms with Gasteiger partial charge in [0.15, 0.2) is 5.96 Å². The maximum atomic E-state index is 11.0. The van der Waals surface area contributed by atoms with Gasteiger partial charge < -0.3 is 21.1 Å². The molecular weight excluding hydrogens is 471 g/mol. The van der Waals surface area contributed by atoms with Gasteiger partial charge >= 0.3 is 0 Å². The number of guanidine groups is 1. The average molecular weight is 502 g/mol. The van der Waals surface area contributed by atoms with E-state index < -0.39 is 0 Å². The summed E-state index contributed by atoms with van der Waals surface area (Å²) in [6.07, 6.45) is 6.24. The monoisotopic (exact) mass is 502 g/mol. The molecule has 1 aliphatic carbocycles. The quantitative estimate of drug-likeness (QED) is 0.280. The Morgan fingerprint density at radius 2 is 2.11 bits per heavy atom. The van der Waals surface area contributed by atoms with Crippen molar-refractivity contribution in [3.05, 3.63) is 23.9 Å². The highest BCUT2D eigenvalue weighted by atomic mass is 127. The molecule has 0 aromatic carbocycles. The van der Waals surface area contributed by atoms with E-state index in [1.165, 1.54) is 12.8 Å². The molecule has 2 aliphatic rings. The topological polar surface area (TPSA) is 105 Å². The second-order valence-corrected chi connectivity index (χ2v) is 7.34. The van der Waals surface area contributed by atoms with Crippen molar-refractivity contribution < 1.29 is 9.53 Å². The first-order chi connectivity index (χ1) is 13.1. The molecule has 0 bridgehead atoms. The van der Waals surface area contributed by atoms with Gasteiger partial charge in [0.25, 0.3) is 0 Å². The average Bonchev–Trinajstić information content (AvgIpc) is 3.49. The standard InChI is InChI=1S/C19H30N6O2.HI/c1-21-19(24-16-5-8-25(9-6-16)12-17(20)26)23-11-15-4-7-22-18(10-15)27-13-14-2-3-14;/h4,7,10,14,16H,2-3,5-6,8-9,11-13H2,1H3,(H2,20,26)(H2,21,23,24);1H. The first kappa shape index (κ1) is 22.7. The maximum Gasteiger partial charge on any atom is 0.231 e. The highest BCUT2D eigenvalue weighted by molar-refractivity contribution is 14.0. The number of aromatic nitrogens is 1. The van der Waals surface area contributed by atoms with E-state index >= 15 is 0 Å². The molecule has 8 nitrogen and oxygen atoms in total. The van der Waals surface area contributed by atoms with E-state index in [0.717, 1.165) is 44.1 Å². The van der Waals surface area contributed by atoms with Gasteiger partial charge in [-0.1, -0.05) is 0 Å². The fraction of sp³-hybridized carbons (Fsp3) is 0.632. The third kappa shape index (κ3) is 7.78. The summed E-state index contributed by atoms with van der Waals surface area (Å²) in [5.74, 6) is 1.91. The number of aliphatic imine (C=N–C) groups is 1. The Balaban J connectivity index is 0.00000280. The van der Waals surface area contributed by atoms with Crippen LogP contribution < -0.4 is 21.1 Å². The summed E-state index contributed by atoms with van der Waals surface area (Å²) in [6, 6.07) is 4.30. The Morgan fingerprint density at radius 3 is 2.75 bits per heavy atom. The second kappa shape index (κ2) is 11.4. The van der Waals surface area contributed by atoms with Crippen LogP contribution in [0, 0.1) is 5.92 Å². The first-order valence-corrected chi connectivity index (χ1v) is 9.68. The van der Waals surface area contributed by atoms with E-state index in [4.69, 9.17) is 10.5 Å². The fourth-order valence-electron chi connectivity index (χ4n) is 3.16. The third-order valence-electron chi connectivity index (χ3n) is 4.95. The van der Waals surface area contributed by atoms with Gasteiger partial charge in [-0.05, 0) is 43.2 Å². The zero-order valence-electron chi connectivity index (χ0n) is 16.4. The molecule has 28 heavy (non-hydrogen) atoms. The largest absolute Gasteiger partial charge is 0.477 e. The number of piperidine rings is 1. The van der Waals surface area contributed by atoms with Crippen LogP contribution in [-0.2, 0) is 11.3 Å². The molecule has 2 fully saturated rings. The SMILES string of the molecule is CN=C(NCc1ccnc(OCC2CC2)c1)NC1CCN(CC(N)=O)CC1.I. The molecule has 0 unspecified atom stereocenters. The van der Waals surface area contributed by atoms with Crippen molar-refractivity contribution >= 4 is 35.8 Å². The van der Waals surface area contributed by atoms with Crippen molar-refractivity contribution in [2.24, 2.45) is 16.6 Å². The number of primary amides is 1. The molecule has 1 amide bonds. The number of hydrogen-bond donors (Lipinski definition) is 3. The molecule has 3 rings (SSSR count). The van der Waals surface area contributed by atoms with E-state index in [9.17, 15) is 4.79 Å². The number of ether oxygens (including phenoxy) is 1. The number of hydrogen-bond acceptors (Lipinski definition) is 5. The smallest absolute Gasteiger partial charge is 0.231 e. The summed E-state index contributed by atoms with van der Waals surface area (Å²) in [7, 11) is 1.77. The van der Waals surface area contributed by atoms with Crippen LogP contribution in [0.2, 0.25) is 0 Å². The van der Waals surface area contributed by atoms with Gasteiger partial charge in [-0.15, -0.1) is 24.0 Å². The number of halogens is 1. The molecule has 0 radical (unpaired) electrons. The summed E-state index contributed by atoms with van der Waals surface area (Å²) in [6.45, 7) is 3.49. The van der Waals surface area contributed by atoms with Gasteiger partial charge in [-0.25, -0.2) is 4.98 Å². The number of nitrogens with zero attached hydrogens (tertiary/aromatic N) is 3. The summed E-state index contributed by atoms with van der Waals surface area (Å²) in [5, 5.41) is 6.81. The minimum atomic E-state index is -0.267. The Labute approximate surface area is 183 Å². The normalized spacial score (nSPS) is 18.2. The maximum absolute atomic E-state index is 11.0. The molecule has 4 N–H and O–H groups in total. The molecule has 1 aliphatic heterocycles. The van der Waals surface area contributed by atoms with Crippen LogP contribution in [0.15, 0.2) is 23.3 Å². The third-order valence-corrected chi connectivity index (χ3v) is 4.95. The van der Waals surface area contributed by atoms with Crippen LogP contribution in [0.5, 0.6) is 5.88 Å². The molecule has 9 heteroatoms. The Kier molecular flexibility index (Phi) is 9.23. The lowest BCUT2D eigenvalue weighted by Crippen LogP contribution is -2.49. The Morgan fingerprint density at radius 1 is 1.36 bits per heavy atom. The number of nitrogens with one attached hydrogen (secondary N) is 2. The predicted molar refractivity (Wildman–Crippen MR) is 120 cm³/mol. The van der Waals surface area contributed by atoms with Gasteiger partial charge in [0, 0.05) is 45.0 Å². The Hall–Kier alpha value is -1.62. The number of carbonyl (C=O) groups is 1. The lowest BCUT2D eigenvalue weighted by Gasteiger charge is -2.32. The number of carbonyl (C=O) groups excluding carboxylic acids is 1. The van der Waals surface area contributed by atoms with Gasteiger partial charge in [0.05, 0.1) is 13.2 Å². The van der Waals surface area contributed by atoms with Crippen molar-refractivity contribution in [2.45, 2.75) is 38.3 Å². The van der Waals surface area contributed by atoms with E-state index in [1.807, 2.05) is 12.1 Å². The van der Waals surface area contributed by atoms with E-state index in [0.29, 0.717) is 30.9 Å². The molecule has 0 spiro atoms. The Bertz CT molecular complexity index is 660. The lowest BCUT2D eigenvalue weighted by molar-refractivity contribution is -0.119. The molecule has 1 saturated heterocycles. The summed E-state index contributed by atoms with van der Waals surface area (Å²) in [5.41, 5.74) is 6.37. The van der Waals surface area contributed by atoms with Gasteiger partial charge in [-0.2, -0.15) is 0 Å². The van der Waals surface area contributed by atoms with Gasteiger partial charge in [0.1, 0.15) is 0 Å². The molecular formula is C19H31IN6O2. The van der Waals surface area contributed by atoms with Crippen LogP contribution in [0.1, 0.15) is 31.2 Å². The summed E-state index contributed by atoms with van der Waals surface area (Å²) in [4.78, 5) is 21.7. The molecule has 1 aromatic heterocycles. The fourth-order valence-corrected chi connectivity index (χ4v) is 3.16. The minimum absolute atomic E-state index is 0. The first-order valence-electron chi connectivity index (χ1n) is 9.68. The molecule has 1 saturated carbocycles. The molecule has 156 valence electrons. The lowest BCUT2D eigenvalue weighted by atomic mass is 10.1. The second-order valence-electron chi connectivity index (χ2n) is 7.34. The van der Waals surface area contributed by atoms with E-state index in [1.54, 1.807) is 13.2 Å².